The molecule has 0 saturated heterocycles. The van der Waals surface area contributed by atoms with Crippen molar-refractivity contribution < 1.29 is 9.90 Å². The predicted molar refractivity (Wildman–Crippen MR) is 59.6 cm³/mol. The first-order valence-corrected chi connectivity index (χ1v) is 5.75. The monoisotopic (exact) mass is 254 g/mol. The average molecular weight is 254 g/mol. The van der Waals surface area contributed by atoms with Gasteiger partial charge < -0.3 is 10.8 Å². The van der Waals surface area contributed by atoms with E-state index >= 15 is 0 Å². The molecule has 3 N–H and O–H groups in total. The lowest BCUT2D eigenvalue weighted by Gasteiger charge is -2.00. The third kappa shape index (κ3) is 2.28. The van der Waals surface area contributed by atoms with Crippen LogP contribution in [0.5, 0.6) is 0 Å². The van der Waals surface area contributed by atoms with Crippen molar-refractivity contribution in [3.8, 4) is 0 Å². The van der Waals surface area contributed by atoms with Gasteiger partial charge in [-0.25, -0.2) is 9.78 Å². The van der Waals surface area contributed by atoms with E-state index in [1.807, 2.05) is 0 Å². The van der Waals surface area contributed by atoms with E-state index in [-0.39, 0.29) is 5.56 Å². The van der Waals surface area contributed by atoms with Crippen LogP contribution in [-0.4, -0.2) is 26.3 Å². The van der Waals surface area contributed by atoms with Gasteiger partial charge in [-0.3, -0.25) is 0 Å². The molecule has 0 aromatic carbocycles. The molecule has 2 aromatic rings. The zero-order chi connectivity index (χ0) is 11.5. The van der Waals surface area contributed by atoms with Crippen LogP contribution in [0.3, 0.4) is 0 Å². The van der Waals surface area contributed by atoms with E-state index in [4.69, 9.17) is 10.8 Å². The number of carboxylic acid groups (broad SMARTS) is 1. The van der Waals surface area contributed by atoms with Crippen LogP contribution in [-0.2, 0) is 0 Å². The molecule has 0 bridgehead atoms. The molecule has 82 valence electrons. The zero-order valence-corrected chi connectivity index (χ0v) is 9.46. The Morgan fingerprint density at radius 2 is 2.31 bits per heavy atom. The summed E-state index contributed by atoms with van der Waals surface area (Å²) in [5.74, 6) is -1.02. The Kier molecular flexibility index (Phi) is 3.02. The highest BCUT2D eigenvalue weighted by Gasteiger charge is 2.13. The number of hydrogen-bond acceptors (Lipinski definition) is 7. The summed E-state index contributed by atoms with van der Waals surface area (Å²) < 4.78 is 0.568. The fourth-order valence-corrected chi connectivity index (χ4v) is 2.61. The maximum atomic E-state index is 10.9. The SMILES string of the molecule is Nc1nnc(Sc2ncccc2C(=O)O)s1. The molecule has 0 aliphatic rings. The fraction of sp³-hybridized carbons (Fsp3) is 0. The number of carbonyl (C=O) groups is 1. The van der Waals surface area contributed by atoms with E-state index in [0.717, 1.165) is 11.8 Å². The van der Waals surface area contributed by atoms with Crippen molar-refractivity contribution in [3.05, 3.63) is 23.9 Å². The van der Waals surface area contributed by atoms with E-state index in [0.29, 0.717) is 14.5 Å². The number of nitrogen functional groups attached to an aromatic ring is 1. The Morgan fingerprint density at radius 3 is 2.94 bits per heavy atom. The van der Waals surface area contributed by atoms with Gasteiger partial charge in [0.2, 0.25) is 5.13 Å². The summed E-state index contributed by atoms with van der Waals surface area (Å²) in [4.78, 5) is 14.9. The molecular weight excluding hydrogens is 248 g/mol. The molecule has 0 radical (unpaired) electrons. The summed E-state index contributed by atoms with van der Waals surface area (Å²) in [6.45, 7) is 0. The van der Waals surface area contributed by atoms with Gasteiger partial charge in [-0.05, 0) is 23.9 Å². The lowest BCUT2D eigenvalue weighted by atomic mass is 10.3. The van der Waals surface area contributed by atoms with Gasteiger partial charge in [0.05, 0.1) is 5.56 Å². The van der Waals surface area contributed by atoms with Gasteiger partial charge in [-0.1, -0.05) is 11.3 Å². The van der Waals surface area contributed by atoms with Crippen LogP contribution >= 0.6 is 23.1 Å². The lowest BCUT2D eigenvalue weighted by Crippen LogP contribution is -1.99. The van der Waals surface area contributed by atoms with Gasteiger partial charge in [0.25, 0.3) is 0 Å². The largest absolute Gasteiger partial charge is 0.478 e. The third-order valence-electron chi connectivity index (χ3n) is 1.61. The van der Waals surface area contributed by atoms with Gasteiger partial charge in [0, 0.05) is 6.20 Å². The fourth-order valence-electron chi connectivity index (χ4n) is 0.979. The van der Waals surface area contributed by atoms with Gasteiger partial charge in [-0.15, -0.1) is 10.2 Å². The molecule has 16 heavy (non-hydrogen) atoms. The van der Waals surface area contributed by atoms with Gasteiger partial charge >= 0.3 is 5.97 Å². The van der Waals surface area contributed by atoms with Crippen LogP contribution in [0, 0.1) is 0 Å². The number of aromatic nitrogens is 3. The molecule has 0 aliphatic carbocycles. The van der Waals surface area contributed by atoms with Crippen molar-refractivity contribution in [2.75, 3.05) is 5.73 Å². The molecule has 8 heteroatoms. The maximum absolute atomic E-state index is 10.9. The molecule has 2 rings (SSSR count). The Morgan fingerprint density at radius 1 is 1.50 bits per heavy atom. The highest BCUT2D eigenvalue weighted by molar-refractivity contribution is 8.01. The number of nitrogens with zero attached hydrogens (tertiary/aromatic N) is 3. The number of rotatable bonds is 3. The highest BCUT2D eigenvalue weighted by atomic mass is 32.2. The normalized spacial score (nSPS) is 10.2. The first-order valence-electron chi connectivity index (χ1n) is 4.12. The van der Waals surface area contributed by atoms with Crippen molar-refractivity contribution in [1.82, 2.24) is 15.2 Å². The van der Waals surface area contributed by atoms with E-state index in [1.54, 1.807) is 6.07 Å². The standard InChI is InChI=1S/C8H6N4O2S2/c9-7-11-12-8(16-7)15-5-4(6(13)14)2-1-3-10-5/h1-3H,(H2,9,11)(H,13,14). The number of anilines is 1. The maximum Gasteiger partial charge on any atom is 0.338 e. The van der Waals surface area contributed by atoms with Crippen molar-refractivity contribution in [2.45, 2.75) is 9.37 Å². The first kappa shape index (κ1) is 10.8. The Balaban J connectivity index is 2.31. The van der Waals surface area contributed by atoms with E-state index in [9.17, 15) is 4.79 Å². The molecule has 2 heterocycles. The van der Waals surface area contributed by atoms with E-state index < -0.39 is 5.97 Å². The second kappa shape index (κ2) is 4.45. The smallest absolute Gasteiger partial charge is 0.338 e. The number of hydrogen-bond donors (Lipinski definition) is 2. The minimum atomic E-state index is -1.02. The molecule has 0 amide bonds. The van der Waals surface area contributed by atoms with Crippen LogP contribution < -0.4 is 5.73 Å². The average Bonchev–Trinajstić information content (AvgIpc) is 2.64. The van der Waals surface area contributed by atoms with Gasteiger partial charge in [0.1, 0.15) is 5.03 Å². The molecule has 0 spiro atoms. The van der Waals surface area contributed by atoms with Crippen LogP contribution in [0.2, 0.25) is 0 Å². The number of nitrogens with two attached hydrogens (primary N) is 1. The van der Waals surface area contributed by atoms with Crippen LogP contribution in [0.15, 0.2) is 27.7 Å². The first-order chi connectivity index (χ1) is 7.66. The minimum Gasteiger partial charge on any atom is -0.478 e. The van der Waals surface area contributed by atoms with Crippen molar-refractivity contribution >= 4 is 34.2 Å². The third-order valence-corrected chi connectivity index (χ3v) is 3.43. The zero-order valence-electron chi connectivity index (χ0n) is 7.82. The molecule has 0 aliphatic heterocycles. The molecule has 6 nitrogen and oxygen atoms in total. The van der Waals surface area contributed by atoms with Crippen molar-refractivity contribution in [3.63, 3.8) is 0 Å². The van der Waals surface area contributed by atoms with Gasteiger partial charge in [0.15, 0.2) is 4.34 Å². The van der Waals surface area contributed by atoms with Crippen LogP contribution in [0.4, 0.5) is 5.13 Å². The highest BCUT2D eigenvalue weighted by Crippen LogP contribution is 2.31. The van der Waals surface area contributed by atoms with Gasteiger partial charge in [-0.2, -0.15) is 0 Å². The predicted octanol–water partition coefficient (Wildman–Crippen LogP) is 1.36. The summed E-state index contributed by atoms with van der Waals surface area (Å²) in [6, 6.07) is 3.06. The number of carboxylic acids is 1. The Hall–Kier alpha value is -1.67. The molecule has 0 unspecified atom stereocenters. The summed E-state index contributed by atoms with van der Waals surface area (Å²) in [5, 5.41) is 17.1. The summed E-state index contributed by atoms with van der Waals surface area (Å²) in [5.41, 5.74) is 5.57. The summed E-state index contributed by atoms with van der Waals surface area (Å²) in [7, 11) is 0. The van der Waals surface area contributed by atoms with Crippen LogP contribution in [0.1, 0.15) is 10.4 Å². The lowest BCUT2D eigenvalue weighted by molar-refractivity contribution is 0.0692. The number of aromatic carboxylic acids is 1. The Labute approximate surface area is 98.5 Å². The Bertz CT molecular complexity index is 528. The second-order valence-corrected chi connectivity index (χ2v) is 4.91. The minimum absolute atomic E-state index is 0.140. The number of pyridine rings is 1. The van der Waals surface area contributed by atoms with E-state index in [1.165, 1.54) is 23.6 Å². The van der Waals surface area contributed by atoms with Crippen molar-refractivity contribution in [1.29, 1.82) is 0 Å². The molecule has 2 aromatic heterocycles. The molecule has 0 saturated carbocycles. The van der Waals surface area contributed by atoms with Crippen LogP contribution in [0.25, 0.3) is 0 Å². The van der Waals surface area contributed by atoms with E-state index in [2.05, 4.69) is 15.2 Å². The second-order valence-electron chi connectivity index (χ2n) is 2.67. The topological polar surface area (TPSA) is 102 Å². The summed E-state index contributed by atoms with van der Waals surface area (Å²) >= 11 is 2.32. The quantitative estimate of drug-likeness (QED) is 0.852. The molecule has 0 atom stereocenters. The molecule has 0 fully saturated rings. The summed E-state index contributed by atoms with van der Waals surface area (Å²) in [6.07, 6.45) is 1.53. The van der Waals surface area contributed by atoms with Crippen molar-refractivity contribution in [2.24, 2.45) is 0 Å². The molecular formula is C8H6N4O2S2.